The average Bonchev–Trinajstić information content (AvgIpc) is 2.83. The van der Waals surface area contributed by atoms with Gasteiger partial charge in [-0.05, 0) is 46.3 Å². The maximum Gasteiger partial charge on any atom is 0.198 e. The molecule has 0 aliphatic carbocycles. The van der Waals surface area contributed by atoms with Crippen molar-refractivity contribution in [2.45, 2.75) is 0 Å². The van der Waals surface area contributed by atoms with Crippen LogP contribution in [-0.2, 0) is 7.05 Å². The molecule has 0 saturated carbocycles. The van der Waals surface area contributed by atoms with E-state index in [2.05, 4.69) is 15.9 Å². The molecule has 112 valence electrons. The van der Waals surface area contributed by atoms with Crippen LogP contribution in [0.5, 0.6) is 0 Å². The second-order valence-corrected chi connectivity index (χ2v) is 6.06. The van der Waals surface area contributed by atoms with Gasteiger partial charge in [0.15, 0.2) is 5.78 Å². The van der Waals surface area contributed by atoms with Gasteiger partial charge in [-0.25, -0.2) is 8.78 Å². The van der Waals surface area contributed by atoms with Crippen molar-refractivity contribution in [1.82, 2.24) is 4.57 Å². The van der Waals surface area contributed by atoms with Crippen LogP contribution in [0, 0.1) is 11.6 Å². The van der Waals surface area contributed by atoms with Crippen LogP contribution in [0.2, 0.25) is 5.02 Å². The Morgan fingerprint density at radius 1 is 1.23 bits per heavy atom. The Bertz CT molecular complexity index is 920. The summed E-state index contributed by atoms with van der Waals surface area (Å²) >= 11 is 9.21. The van der Waals surface area contributed by atoms with E-state index < -0.39 is 17.4 Å². The van der Waals surface area contributed by atoms with E-state index in [1.165, 1.54) is 12.1 Å². The van der Waals surface area contributed by atoms with E-state index in [4.69, 9.17) is 11.6 Å². The number of fused-ring (bicyclic) bond motifs is 1. The van der Waals surface area contributed by atoms with Gasteiger partial charge in [0.2, 0.25) is 0 Å². The molecule has 0 atom stereocenters. The summed E-state index contributed by atoms with van der Waals surface area (Å²) in [5.74, 6) is -1.96. The third-order valence-corrected chi connectivity index (χ3v) is 4.63. The summed E-state index contributed by atoms with van der Waals surface area (Å²) in [4.78, 5) is 12.6. The molecule has 0 radical (unpaired) electrons. The van der Waals surface area contributed by atoms with Crippen molar-refractivity contribution < 1.29 is 13.6 Å². The van der Waals surface area contributed by atoms with Crippen LogP contribution in [0.25, 0.3) is 10.9 Å². The number of rotatable bonds is 2. The largest absolute Gasteiger partial charge is 0.350 e. The number of halogens is 4. The minimum absolute atomic E-state index is 0.0726. The predicted molar refractivity (Wildman–Crippen MR) is 85.4 cm³/mol. The topological polar surface area (TPSA) is 22.0 Å². The number of hydrogen-bond donors (Lipinski definition) is 0. The van der Waals surface area contributed by atoms with E-state index in [0.29, 0.717) is 15.4 Å². The zero-order chi connectivity index (χ0) is 16.0. The fraction of sp³-hybridized carbons (Fsp3) is 0.0625. The van der Waals surface area contributed by atoms with E-state index in [1.807, 2.05) is 0 Å². The molecule has 0 bridgehead atoms. The lowest BCUT2D eigenvalue weighted by atomic mass is 10.0. The quantitative estimate of drug-likeness (QED) is 0.563. The second-order valence-electron chi connectivity index (χ2n) is 4.86. The van der Waals surface area contributed by atoms with Crippen LogP contribution in [0.3, 0.4) is 0 Å². The lowest BCUT2D eigenvalue weighted by Crippen LogP contribution is -2.07. The van der Waals surface area contributed by atoms with E-state index in [-0.39, 0.29) is 16.1 Å². The zero-order valence-electron chi connectivity index (χ0n) is 11.3. The number of ketones is 1. The molecule has 0 aliphatic rings. The summed E-state index contributed by atoms with van der Waals surface area (Å²) in [6.07, 6.45) is 1.76. The van der Waals surface area contributed by atoms with Crippen molar-refractivity contribution in [3.8, 4) is 0 Å². The number of nitrogens with zero attached hydrogens (tertiary/aromatic N) is 1. The van der Waals surface area contributed by atoms with E-state index in [0.717, 1.165) is 12.1 Å². The second kappa shape index (κ2) is 5.48. The first-order valence-electron chi connectivity index (χ1n) is 6.33. The summed E-state index contributed by atoms with van der Waals surface area (Å²) in [5.41, 5.74) is 0.411. The van der Waals surface area contributed by atoms with Gasteiger partial charge in [-0.1, -0.05) is 11.6 Å². The summed E-state index contributed by atoms with van der Waals surface area (Å²) in [6.45, 7) is 0. The van der Waals surface area contributed by atoms with Gasteiger partial charge in [0.05, 0.1) is 16.1 Å². The van der Waals surface area contributed by atoms with Gasteiger partial charge in [-0.2, -0.15) is 0 Å². The molecule has 0 unspecified atom stereocenters. The number of hydrogen-bond acceptors (Lipinski definition) is 1. The molecular formula is C16H9BrClF2NO. The highest BCUT2D eigenvalue weighted by molar-refractivity contribution is 9.10. The molecule has 0 N–H and O–H groups in total. The first-order chi connectivity index (χ1) is 10.4. The molecule has 0 amide bonds. The number of carbonyl (C=O) groups excluding carboxylic acids is 1. The van der Waals surface area contributed by atoms with Gasteiger partial charge in [-0.3, -0.25) is 4.79 Å². The average molecular weight is 385 g/mol. The molecule has 1 aromatic heterocycles. The normalized spacial score (nSPS) is 11.1. The van der Waals surface area contributed by atoms with Gasteiger partial charge in [0.25, 0.3) is 0 Å². The Morgan fingerprint density at radius 3 is 2.68 bits per heavy atom. The van der Waals surface area contributed by atoms with Gasteiger partial charge in [-0.15, -0.1) is 0 Å². The fourth-order valence-electron chi connectivity index (χ4n) is 2.35. The van der Waals surface area contributed by atoms with Gasteiger partial charge in [0, 0.05) is 28.7 Å². The zero-order valence-corrected chi connectivity index (χ0v) is 13.7. The molecule has 0 fully saturated rings. The Hall–Kier alpha value is -1.72. The molecule has 22 heavy (non-hydrogen) atoms. The highest BCUT2D eigenvalue weighted by Crippen LogP contribution is 2.33. The summed E-state index contributed by atoms with van der Waals surface area (Å²) in [5, 5.41) is 0.769. The minimum atomic E-state index is -0.688. The first-order valence-corrected chi connectivity index (χ1v) is 7.50. The van der Waals surface area contributed by atoms with Crippen LogP contribution in [0.1, 0.15) is 15.9 Å². The molecule has 2 aromatic carbocycles. The monoisotopic (exact) mass is 383 g/mol. The van der Waals surface area contributed by atoms with Crippen molar-refractivity contribution in [2.24, 2.45) is 7.05 Å². The third kappa shape index (κ3) is 2.34. The van der Waals surface area contributed by atoms with Crippen LogP contribution >= 0.6 is 27.5 Å². The van der Waals surface area contributed by atoms with Crippen molar-refractivity contribution in [3.63, 3.8) is 0 Å². The van der Waals surface area contributed by atoms with Gasteiger partial charge in [0.1, 0.15) is 11.6 Å². The standard InChI is InChI=1S/C16H9BrClF2NO/c1-21-5-4-9-13(21)7-12(20)14(15(9)17)16(22)10-6-8(19)2-3-11(10)18/h2-7H,1H3. The lowest BCUT2D eigenvalue weighted by molar-refractivity contribution is 0.103. The van der Waals surface area contributed by atoms with Crippen molar-refractivity contribution in [3.05, 3.63) is 68.8 Å². The van der Waals surface area contributed by atoms with E-state index in [1.54, 1.807) is 23.9 Å². The van der Waals surface area contributed by atoms with E-state index in [9.17, 15) is 13.6 Å². The number of aromatic nitrogens is 1. The van der Waals surface area contributed by atoms with E-state index >= 15 is 0 Å². The number of carbonyl (C=O) groups is 1. The Kier molecular flexibility index (Phi) is 3.78. The molecule has 0 spiro atoms. The van der Waals surface area contributed by atoms with Gasteiger partial charge >= 0.3 is 0 Å². The number of aryl methyl sites for hydroxylation is 1. The molecule has 3 aromatic rings. The molecule has 2 nitrogen and oxygen atoms in total. The Balaban J connectivity index is 2.25. The van der Waals surface area contributed by atoms with Crippen molar-refractivity contribution in [1.29, 1.82) is 0 Å². The summed E-state index contributed by atoms with van der Waals surface area (Å²) < 4.78 is 29.8. The predicted octanol–water partition coefficient (Wildman–Crippen LogP) is 5.10. The maximum absolute atomic E-state index is 14.4. The molecule has 3 rings (SSSR count). The molecule has 0 aliphatic heterocycles. The van der Waals surface area contributed by atoms with Crippen LogP contribution < -0.4 is 0 Å². The lowest BCUT2D eigenvalue weighted by Gasteiger charge is -2.09. The highest BCUT2D eigenvalue weighted by atomic mass is 79.9. The number of benzene rings is 2. The first kappa shape index (κ1) is 15.2. The molecule has 6 heteroatoms. The van der Waals surface area contributed by atoms with Crippen molar-refractivity contribution >= 4 is 44.2 Å². The van der Waals surface area contributed by atoms with Crippen LogP contribution in [-0.4, -0.2) is 10.4 Å². The van der Waals surface area contributed by atoms with Crippen LogP contribution in [0.15, 0.2) is 41.0 Å². The molecule has 0 saturated heterocycles. The Morgan fingerprint density at radius 2 is 1.95 bits per heavy atom. The highest BCUT2D eigenvalue weighted by Gasteiger charge is 2.23. The fourth-order valence-corrected chi connectivity index (χ4v) is 3.26. The third-order valence-electron chi connectivity index (χ3n) is 3.48. The van der Waals surface area contributed by atoms with Crippen LogP contribution in [0.4, 0.5) is 8.78 Å². The summed E-state index contributed by atoms with van der Waals surface area (Å²) in [7, 11) is 1.78. The maximum atomic E-state index is 14.4. The van der Waals surface area contributed by atoms with Gasteiger partial charge < -0.3 is 4.57 Å². The molecule has 1 heterocycles. The minimum Gasteiger partial charge on any atom is -0.350 e. The Labute approximate surface area is 138 Å². The molecular weight excluding hydrogens is 376 g/mol. The summed E-state index contributed by atoms with van der Waals surface area (Å²) in [6, 6.07) is 6.47. The van der Waals surface area contributed by atoms with Crippen molar-refractivity contribution in [2.75, 3.05) is 0 Å². The smallest absolute Gasteiger partial charge is 0.198 e. The SMILES string of the molecule is Cn1ccc2c(Br)c(C(=O)c3cc(F)ccc3Cl)c(F)cc21.